The molecule has 0 aromatic carbocycles. The molecule has 9 heteroatoms. The van der Waals surface area contributed by atoms with E-state index in [1.807, 2.05) is 0 Å². The van der Waals surface area contributed by atoms with Crippen LogP contribution in [0.3, 0.4) is 0 Å². The van der Waals surface area contributed by atoms with Gasteiger partial charge in [-0.2, -0.15) is 0 Å². The van der Waals surface area contributed by atoms with Crippen LogP contribution in [0.4, 0.5) is 0 Å². The van der Waals surface area contributed by atoms with E-state index >= 15 is 0 Å². The Morgan fingerprint density at radius 2 is 1.03 bits per heavy atom. The molecule has 0 aliphatic carbocycles. The topological polar surface area (TPSA) is 133 Å². The second-order valence-electron chi connectivity index (χ2n) is 9.33. The Kier molecular flexibility index (Phi) is 5.42. The van der Waals surface area contributed by atoms with Gasteiger partial charge in [0.25, 0.3) is 0 Å². The zero-order valence-electron chi connectivity index (χ0n) is 16.7. The normalized spacial score (nSPS) is 38.8. The molecule has 3 N–H and O–H groups in total. The lowest BCUT2D eigenvalue weighted by Gasteiger charge is -2.56. The fourth-order valence-electron chi connectivity index (χ4n) is 4.91. The van der Waals surface area contributed by atoms with Crippen molar-refractivity contribution in [2.24, 2.45) is 5.41 Å². The van der Waals surface area contributed by atoms with Gasteiger partial charge in [-0.25, -0.2) is 0 Å². The van der Waals surface area contributed by atoms with Gasteiger partial charge in [0.05, 0.1) is 93.9 Å². The maximum absolute atomic E-state index is 12.1. The van der Waals surface area contributed by atoms with E-state index in [1.54, 1.807) is 0 Å². The Labute approximate surface area is 170 Å². The van der Waals surface area contributed by atoms with Crippen LogP contribution >= 0.6 is 0 Å². The van der Waals surface area contributed by atoms with E-state index in [1.165, 1.54) is 0 Å². The highest BCUT2D eigenvalue weighted by atomic mass is 16.6. The third kappa shape index (κ3) is 4.35. The number of ether oxygens (including phenoxy) is 6. The molecule has 0 spiro atoms. The van der Waals surface area contributed by atoms with Gasteiger partial charge in [-0.15, -0.1) is 0 Å². The molecule has 0 bridgehead atoms. The van der Waals surface area contributed by atoms with E-state index in [2.05, 4.69) is 0 Å². The summed E-state index contributed by atoms with van der Waals surface area (Å²) in [6.45, 7) is 2.49. The number of rotatable bonds is 15. The standard InChI is InChI=1S/C20H32O9/c21-11-18(12-22,19(23,1-13-5-24-13)2-14-6-25-14)20(3-15-7-26-15,4-16-8-27-16)29-10-17-9-28-17/h13-17,21-23H,1-12H2. The van der Waals surface area contributed by atoms with Gasteiger partial charge in [0.1, 0.15) is 6.10 Å². The fraction of sp³-hybridized carbons (Fsp3) is 1.00. The molecule has 0 saturated carbocycles. The van der Waals surface area contributed by atoms with Crippen molar-refractivity contribution in [1.29, 1.82) is 0 Å². The first-order chi connectivity index (χ1) is 14.0. The van der Waals surface area contributed by atoms with Crippen molar-refractivity contribution in [2.45, 2.75) is 67.4 Å². The van der Waals surface area contributed by atoms with Crippen molar-refractivity contribution >= 4 is 0 Å². The Morgan fingerprint density at radius 3 is 1.38 bits per heavy atom. The molecule has 5 aliphatic heterocycles. The number of aliphatic hydroxyl groups excluding tert-OH is 2. The van der Waals surface area contributed by atoms with Gasteiger partial charge in [-0.05, 0) is 0 Å². The Bertz CT molecular complexity index is 547. The van der Waals surface area contributed by atoms with Gasteiger partial charge < -0.3 is 43.7 Å². The summed E-state index contributed by atoms with van der Waals surface area (Å²) in [7, 11) is 0. The molecule has 5 unspecified atom stereocenters. The van der Waals surface area contributed by atoms with Crippen LogP contribution in [0, 0.1) is 5.41 Å². The zero-order valence-corrected chi connectivity index (χ0v) is 16.7. The molecule has 29 heavy (non-hydrogen) atoms. The van der Waals surface area contributed by atoms with Crippen molar-refractivity contribution in [2.75, 3.05) is 52.9 Å². The third-order valence-electron chi connectivity index (χ3n) is 7.11. The molecule has 0 aromatic rings. The van der Waals surface area contributed by atoms with Crippen molar-refractivity contribution in [3.05, 3.63) is 0 Å². The minimum atomic E-state index is -1.42. The van der Waals surface area contributed by atoms with E-state index in [-0.39, 0.29) is 30.5 Å². The fourth-order valence-corrected chi connectivity index (χ4v) is 4.91. The van der Waals surface area contributed by atoms with Gasteiger partial charge in [0.2, 0.25) is 0 Å². The van der Waals surface area contributed by atoms with E-state index in [4.69, 9.17) is 28.4 Å². The largest absolute Gasteiger partial charge is 0.395 e. The molecule has 0 aromatic heterocycles. The molecule has 5 aliphatic rings. The molecule has 5 atom stereocenters. The highest BCUT2D eigenvalue weighted by Crippen LogP contribution is 2.55. The first-order valence-electron chi connectivity index (χ1n) is 10.7. The van der Waals surface area contributed by atoms with Gasteiger partial charge in [-0.1, -0.05) is 0 Å². The zero-order chi connectivity index (χ0) is 20.1. The Balaban J connectivity index is 1.52. The van der Waals surface area contributed by atoms with E-state index in [0.29, 0.717) is 65.3 Å². The summed E-state index contributed by atoms with van der Waals surface area (Å²) in [4.78, 5) is 0. The maximum atomic E-state index is 12.1. The second kappa shape index (κ2) is 7.65. The molecular formula is C20H32O9. The monoisotopic (exact) mass is 416 g/mol. The summed E-state index contributed by atoms with van der Waals surface area (Å²) in [6.07, 6.45) is 1.36. The predicted molar refractivity (Wildman–Crippen MR) is 97.4 cm³/mol. The lowest BCUT2D eigenvalue weighted by Crippen LogP contribution is -2.68. The van der Waals surface area contributed by atoms with Crippen molar-refractivity contribution in [3.63, 3.8) is 0 Å². The number of hydrogen-bond acceptors (Lipinski definition) is 9. The molecule has 5 fully saturated rings. The number of aliphatic hydroxyl groups is 3. The highest BCUT2D eigenvalue weighted by Gasteiger charge is 2.67. The first-order valence-corrected chi connectivity index (χ1v) is 10.7. The Hall–Kier alpha value is -0.360. The predicted octanol–water partition coefficient (Wildman–Crippen LogP) is -1.00. The lowest BCUT2D eigenvalue weighted by molar-refractivity contribution is -0.262. The van der Waals surface area contributed by atoms with Gasteiger partial charge in [-0.3, -0.25) is 0 Å². The SMILES string of the molecule is OCC(CO)(C(O)(CC1CO1)CC1CO1)C(CC1CO1)(CC1CO1)OCC1CO1. The number of epoxide rings is 5. The molecule has 5 heterocycles. The maximum Gasteiger partial charge on any atom is 0.104 e. The van der Waals surface area contributed by atoms with Crippen LogP contribution < -0.4 is 0 Å². The summed E-state index contributed by atoms with van der Waals surface area (Å²) in [6, 6.07) is 0. The van der Waals surface area contributed by atoms with E-state index < -0.39 is 29.8 Å². The van der Waals surface area contributed by atoms with Crippen LogP contribution in [-0.2, 0) is 28.4 Å². The molecule has 5 rings (SSSR count). The average Bonchev–Trinajstić information content (AvgIpc) is 3.51. The lowest BCUT2D eigenvalue weighted by atomic mass is 9.56. The quantitative estimate of drug-likeness (QED) is 0.287. The summed E-state index contributed by atoms with van der Waals surface area (Å²) in [5, 5.41) is 33.6. The highest BCUT2D eigenvalue weighted by molar-refractivity contribution is 5.16. The molecule has 0 amide bonds. The van der Waals surface area contributed by atoms with Gasteiger partial charge >= 0.3 is 0 Å². The summed E-state index contributed by atoms with van der Waals surface area (Å²) in [5.41, 5.74) is -3.78. The molecule has 9 nitrogen and oxygen atoms in total. The van der Waals surface area contributed by atoms with Crippen LogP contribution in [0.15, 0.2) is 0 Å². The molecular weight excluding hydrogens is 384 g/mol. The van der Waals surface area contributed by atoms with E-state index in [0.717, 1.165) is 0 Å². The van der Waals surface area contributed by atoms with Gasteiger partial charge in [0.15, 0.2) is 0 Å². The molecule has 166 valence electrons. The van der Waals surface area contributed by atoms with Crippen LogP contribution in [0.2, 0.25) is 0 Å². The minimum absolute atomic E-state index is 0.0105. The Morgan fingerprint density at radius 1 is 0.655 bits per heavy atom. The summed E-state index contributed by atoms with van der Waals surface area (Å²) >= 11 is 0. The third-order valence-corrected chi connectivity index (χ3v) is 7.11. The van der Waals surface area contributed by atoms with E-state index in [9.17, 15) is 15.3 Å². The molecule has 5 saturated heterocycles. The van der Waals surface area contributed by atoms with Crippen LogP contribution in [0.25, 0.3) is 0 Å². The van der Waals surface area contributed by atoms with Crippen molar-refractivity contribution < 1.29 is 43.7 Å². The smallest absolute Gasteiger partial charge is 0.104 e. The van der Waals surface area contributed by atoms with Crippen molar-refractivity contribution in [1.82, 2.24) is 0 Å². The number of hydrogen-bond donors (Lipinski definition) is 3. The summed E-state index contributed by atoms with van der Waals surface area (Å²) < 4.78 is 33.8. The van der Waals surface area contributed by atoms with Gasteiger partial charge in [0, 0.05) is 25.7 Å². The van der Waals surface area contributed by atoms with Crippen LogP contribution in [-0.4, -0.2) is 110 Å². The van der Waals surface area contributed by atoms with Crippen LogP contribution in [0.5, 0.6) is 0 Å². The van der Waals surface area contributed by atoms with Crippen LogP contribution in [0.1, 0.15) is 25.7 Å². The summed E-state index contributed by atoms with van der Waals surface area (Å²) in [5.74, 6) is 0. The molecule has 0 radical (unpaired) electrons. The minimum Gasteiger partial charge on any atom is -0.395 e. The second-order valence-corrected chi connectivity index (χ2v) is 9.33. The van der Waals surface area contributed by atoms with Crippen molar-refractivity contribution in [3.8, 4) is 0 Å². The first kappa shape index (κ1) is 20.5. The average molecular weight is 416 g/mol.